The van der Waals surface area contributed by atoms with E-state index in [0.29, 0.717) is 82.4 Å². The highest BCUT2D eigenvalue weighted by Gasteiger charge is 2.31. The van der Waals surface area contributed by atoms with E-state index in [2.05, 4.69) is 45.6 Å². The Labute approximate surface area is 429 Å². The van der Waals surface area contributed by atoms with Gasteiger partial charge >= 0.3 is 0 Å². The van der Waals surface area contributed by atoms with Gasteiger partial charge in [-0.3, -0.25) is 4.72 Å². The molecule has 380 valence electrons. The largest absolute Gasteiger partial charge is 0.380 e. The van der Waals surface area contributed by atoms with Crippen LogP contribution < -0.4 is 19.8 Å². The van der Waals surface area contributed by atoms with E-state index in [1.165, 1.54) is 36.6 Å². The predicted octanol–water partition coefficient (Wildman–Crippen LogP) is 11.0. The molecule has 1 atom stereocenters. The van der Waals surface area contributed by atoms with Crippen LogP contribution in [0.25, 0.3) is 22.4 Å². The Morgan fingerprint density at radius 3 is 1.97 bits per heavy atom. The van der Waals surface area contributed by atoms with Gasteiger partial charge in [0.2, 0.25) is 0 Å². The zero-order valence-electron chi connectivity index (χ0n) is 41.5. The molecule has 6 aromatic rings. The summed E-state index contributed by atoms with van der Waals surface area (Å²) in [5, 5.41) is 3.99. The van der Waals surface area contributed by atoms with Gasteiger partial charge in [-0.15, -0.1) is 11.8 Å². The molecule has 0 aliphatic carbocycles. The Hall–Kier alpha value is -5.04. The first kappa shape index (κ1) is 53.8. The molecule has 71 heavy (non-hydrogen) atoms. The van der Waals surface area contributed by atoms with Gasteiger partial charge in [-0.05, 0) is 143 Å². The van der Waals surface area contributed by atoms with Crippen LogP contribution in [0.5, 0.6) is 0 Å². The van der Waals surface area contributed by atoms with Crippen molar-refractivity contribution in [2.24, 2.45) is 5.92 Å². The fourth-order valence-electron chi connectivity index (χ4n) is 9.34. The molecule has 0 bridgehead atoms. The molecule has 0 spiro atoms. The van der Waals surface area contributed by atoms with Crippen LogP contribution in [-0.2, 0) is 29.7 Å². The number of piperazine rings is 1. The van der Waals surface area contributed by atoms with Crippen LogP contribution in [0.4, 0.5) is 27.1 Å². The van der Waals surface area contributed by atoms with Gasteiger partial charge in [-0.1, -0.05) is 55.8 Å². The van der Waals surface area contributed by atoms with Crippen LogP contribution >= 0.6 is 23.4 Å². The molecule has 12 nitrogen and oxygen atoms in total. The molecule has 0 saturated carbocycles. The van der Waals surface area contributed by atoms with Gasteiger partial charge in [0, 0.05) is 101 Å². The Kier molecular flexibility index (Phi) is 16.9. The molecule has 0 amide bonds. The van der Waals surface area contributed by atoms with Gasteiger partial charge in [0.25, 0.3) is 10.0 Å². The van der Waals surface area contributed by atoms with Crippen molar-refractivity contribution in [3.05, 3.63) is 132 Å². The minimum Gasteiger partial charge on any atom is -0.380 e. The molecule has 5 aromatic carbocycles. The van der Waals surface area contributed by atoms with Gasteiger partial charge in [0.15, 0.2) is 19.7 Å². The topological polar surface area (TPSA) is 141 Å². The molecule has 2 N–H and O–H groups in total. The number of benzene rings is 5. The van der Waals surface area contributed by atoms with E-state index < -0.39 is 35.5 Å². The standard InChI is InChI=1S/C53H64ClFN6O6S4/c1-36(2)34-58(6)25-24-44(35-68-47-12-10-9-11-13-47)56-49-23-22-48(33-50(49)69(7,62)63)71(66,67)57-43-18-20-45(21-19-43)59-26-28-60(29-27-59)46-31-40(30-42(55)32-46)51-52(39-14-16-41(54)17-15-39)61(37(3)4)38(5)53(51)70(8,64)65/h9-23,30-33,36-37,44,56-57H,24-29,34-35H2,1-8H3/t44-/m1/s1. The summed E-state index contributed by atoms with van der Waals surface area (Å²) < 4.78 is 102. The van der Waals surface area contributed by atoms with Crippen LogP contribution in [0.1, 0.15) is 45.9 Å². The van der Waals surface area contributed by atoms with E-state index in [-0.39, 0.29) is 26.8 Å². The summed E-state index contributed by atoms with van der Waals surface area (Å²) in [6, 6.07) is 32.8. The molecular formula is C53H64ClFN6O6S4. The lowest BCUT2D eigenvalue weighted by atomic mass is 9.99. The number of hydrogen-bond acceptors (Lipinski definition) is 11. The maximum absolute atomic E-state index is 15.8. The lowest BCUT2D eigenvalue weighted by Gasteiger charge is -2.37. The van der Waals surface area contributed by atoms with Crippen molar-refractivity contribution in [3.63, 3.8) is 0 Å². The van der Waals surface area contributed by atoms with Crippen molar-refractivity contribution >= 4 is 75.8 Å². The Morgan fingerprint density at radius 1 is 0.746 bits per heavy atom. The highest BCUT2D eigenvalue weighted by Crippen LogP contribution is 2.45. The number of sulfone groups is 2. The van der Waals surface area contributed by atoms with Gasteiger partial charge in [0.05, 0.1) is 26.1 Å². The smallest absolute Gasteiger partial charge is 0.261 e. The van der Waals surface area contributed by atoms with Crippen molar-refractivity contribution in [2.75, 3.05) is 84.4 Å². The van der Waals surface area contributed by atoms with E-state index in [4.69, 9.17) is 11.6 Å². The van der Waals surface area contributed by atoms with Crippen LogP contribution in [0.3, 0.4) is 0 Å². The second-order valence-electron chi connectivity index (χ2n) is 19.0. The zero-order valence-corrected chi connectivity index (χ0v) is 45.5. The molecule has 7 rings (SSSR count). The summed E-state index contributed by atoms with van der Waals surface area (Å²) >= 11 is 7.93. The molecule has 18 heteroatoms. The monoisotopic (exact) mass is 1060 g/mol. The quantitative estimate of drug-likeness (QED) is 0.0706. The summed E-state index contributed by atoms with van der Waals surface area (Å²) in [5.41, 5.74) is 5.01. The van der Waals surface area contributed by atoms with E-state index in [1.807, 2.05) is 79.1 Å². The predicted molar refractivity (Wildman–Crippen MR) is 291 cm³/mol. The molecule has 1 fully saturated rings. The molecule has 2 heterocycles. The second kappa shape index (κ2) is 22.4. The van der Waals surface area contributed by atoms with Gasteiger partial charge in [0.1, 0.15) is 5.82 Å². The SMILES string of the molecule is Cc1c(S(C)(=O)=O)c(-c2cc(F)cc(N3CCN(c4ccc(NS(=O)(=O)c5ccc(N[C@H](CCN(C)CC(C)C)CSc6ccccc6)c(S(C)(=O)=O)c5)cc4)CC3)c2)c(-c2ccc(Cl)cc2)n1C(C)C. The number of sulfonamides is 1. The van der Waals surface area contributed by atoms with Crippen LogP contribution in [0.15, 0.2) is 135 Å². The molecule has 1 saturated heterocycles. The maximum Gasteiger partial charge on any atom is 0.261 e. The minimum atomic E-state index is -4.20. The van der Waals surface area contributed by atoms with Crippen LogP contribution in [0.2, 0.25) is 5.02 Å². The highest BCUT2D eigenvalue weighted by molar-refractivity contribution is 7.99. The van der Waals surface area contributed by atoms with E-state index >= 15 is 4.39 Å². The summed E-state index contributed by atoms with van der Waals surface area (Å²) in [7, 11) is -9.75. The first-order valence-electron chi connectivity index (χ1n) is 23.6. The number of anilines is 4. The molecule has 1 aliphatic rings. The van der Waals surface area contributed by atoms with Gasteiger partial charge in [-0.25, -0.2) is 29.6 Å². The summed E-state index contributed by atoms with van der Waals surface area (Å²) in [4.78, 5) is 7.45. The Bertz CT molecular complexity index is 3160. The fraction of sp³-hybridized carbons (Fsp3) is 0.358. The number of nitrogens with zero attached hydrogens (tertiary/aromatic N) is 4. The normalized spacial score (nSPS) is 14.2. The lowest BCUT2D eigenvalue weighted by Crippen LogP contribution is -2.46. The number of thioether (sulfide) groups is 1. The van der Waals surface area contributed by atoms with E-state index in [1.54, 1.807) is 43.0 Å². The Balaban J connectivity index is 1.06. The molecule has 0 radical (unpaired) electrons. The third-order valence-corrected chi connectivity index (χ3v) is 17.6. The van der Waals surface area contributed by atoms with Crippen molar-refractivity contribution < 1.29 is 29.6 Å². The lowest BCUT2D eigenvalue weighted by molar-refractivity contribution is 0.288. The van der Waals surface area contributed by atoms with Crippen molar-refractivity contribution in [1.82, 2.24) is 9.47 Å². The summed E-state index contributed by atoms with van der Waals surface area (Å²) in [6.07, 6.45) is 3.00. The van der Waals surface area contributed by atoms with E-state index in [0.717, 1.165) is 41.9 Å². The molecule has 1 aromatic heterocycles. The number of nitrogens with one attached hydrogen (secondary N) is 2. The highest BCUT2D eigenvalue weighted by atomic mass is 35.5. The number of aromatic nitrogens is 1. The zero-order chi connectivity index (χ0) is 51.4. The second-order valence-corrected chi connectivity index (χ2v) is 26.2. The molecule has 0 unspecified atom stereocenters. The maximum atomic E-state index is 15.8. The van der Waals surface area contributed by atoms with Gasteiger partial charge < -0.3 is 24.6 Å². The van der Waals surface area contributed by atoms with Crippen molar-refractivity contribution in [3.8, 4) is 22.4 Å². The van der Waals surface area contributed by atoms with Gasteiger partial charge in [-0.2, -0.15) is 0 Å². The number of hydrogen-bond donors (Lipinski definition) is 2. The summed E-state index contributed by atoms with van der Waals surface area (Å²) in [6.45, 7) is 14.0. The average molecular weight is 1060 g/mol. The fourth-order valence-corrected chi connectivity index (χ4v) is 13.7. The Morgan fingerprint density at radius 2 is 1.38 bits per heavy atom. The third-order valence-electron chi connectivity index (χ3n) is 12.5. The van der Waals surface area contributed by atoms with Crippen molar-refractivity contribution in [1.29, 1.82) is 0 Å². The van der Waals surface area contributed by atoms with Crippen molar-refractivity contribution in [2.45, 2.75) is 72.7 Å². The average Bonchev–Trinajstić information content (AvgIpc) is 3.63. The first-order chi connectivity index (χ1) is 33.5. The minimum absolute atomic E-state index is 0.101. The summed E-state index contributed by atoms with van der Waals surface area (Å²) in [5.74, 6) is 0.670. The molecular weight excluding hydrogens is 999 g/mol. The first-order valence-corrected chi connectivity index (χ1v) is 30.2. The third kappa shape index (κ3) is 13.3. The van der Waals surface area contributed by atoms with Crippen LogP contribution in [-0.4, -0.2) is 105 Å². The molecule has 1 aliphatic heterocycles. The van der Waals surface area contributed by atoms with E-state index in [9.17, 15) is 25.3 Å². The number of halogens is 2. The number of rotatable bonds is 20. The van der Waals surface area contributed by atoms with Crippen LogP contribution in [0, 0.1) is 18.7 Å².